The first kappa shape index (κ1) is 21.1. The molecule has 1 aliphatic heterocycles. The molecule has 0 N–H and O–H groups in total. The zero-order valence-corrected chi connectivity index (χ0v) is 15.7. The summed E-state index contributed by atoms with van der Waals surface area (Å²) in [5.41, 5.74) is 0.868. The van der Waals surface area contributed by atoms with Crippen LogP contribution in [-0.4, -0.2) is 61.1 Å². The van der Waals surface area contributed by atoms with Crippen molar-refractivity contribution < 1.29 is 27.8 Å². The van der Waals surface area contributed by atoms with E-state index in [1.807, 2.05) is 4.90 Å². The average molecular weight is 384 g/mol. The fourth-order valence-corrected chi connectivity index (χ4v) is 3.18. The van der Waals surface area contributed by atoms with Crippen LogP contribution in [0.2, 0.25) is 0 Å². The third-order valence-electron chi connectivity index (χ3n) is 4.39. The number of ether oxygens (including phenoxy) is 2. The molecule has 2 rings (SSSR count). The van der Waals surface area contributed by atoms with Crippen LogP contribution in [0.4, 0.5) is 8.78 Å². The van der Waals surface area contributed by atoms with Crippen LogP contribution in [0.5, 0.6) is 5.75 Å². The van der Waals surface area contributed by atoms with Crippen LogP contribution in [0.25, 0.3) is 0 Å². The molecule has 0 bridgehead atoms. The second kappa shape index (κ2) is 10.2. The summed E-state index contributed by atoms with van der Waals surface area (Å²) in [6, 6.07) is 5.80. The smallest absolute Gasteiger partial charge is 0.387 e. The summed E-state index contributed by atoms with van der Waals surface area (Å²) in [5.74, 6) is -0.367. The van der Waals surface area contributed by atoms with Gasteiger partial charge in [0.05, 0.1) is 13.2 Å². The van der Waals surface area contributed by atoms with Crippen molar-refractivity contribution in [1.82, 2.24) is 9.80 Å². The molecule has 1 amide bonds. The number of amides is 1. The van der Waals surface area contributed by atoms with Gasteiger partial charge in [0.25, 0.3) is 0 Å². The maximum absolute atomic E-state index is 12.7. The second-order valence-corrected chi connectivity index (χ2v) is 6.55. The topological polar surface area (TPSA) is 59.1 Å². The Morgan fingerprint density at radius 1 is 1.26 bits per heavy atom. The Morgan fingerprint density at radius 3 is 2.59 bits per heavy atom. The normalized spacial score (nSPS) is 17.3. The molecule has 1 atom stereocenters. The Balaban J connectivity index is 1.90. The predicted octanol–water partition coefficient (Wildman–Crippen LogP) is 2.66. The van der Waals surface area contributed by atoms with E-state index in [0.717, 1.165) is 18.4 Å². The van der Waals surface area contributed by atoms with Gasteiger partial charge in [-0.05, 0) is 50.9 Å². The van der Waals surface area contributed by atoms with E-state index in [-0.39, 0.29) is 24.2 Å². The molecule has 27 heavy (non-hydrogen) atoms. The molecule has 6 nitrogen and oxygen atoms in total. The first-order chi connectivity index (χ1) is 12.9. The number of piperidine rings is 1. The average Bonchev–Trinajstić information content (AvgIpc) is 2.63. The molecule has 0 spiro atoms. The van der Waals surface area contributed by atoms with Crippen molar-refractivity contribution >= 4 is 11.9 Å². The quantitative estimate of drug-likeness (QED) is 0.645. The third kappa shape index (κ3) is 6.46. The SMILES string of the molecule is CCOC(=O)C1CCCCN1C(=O)CN(C)Cc1ccc(OC(F)F)cc1. The van der Waals surface area contributed by atoms with Crippen LogP contribution in [0.15, 0.2) is 24.3 Å². The third-order valence-corrected chi connectivity index (χ3v) is 4.39. The number of nitrogens with zero attached hydrogens (tertiary/aromatic N) is 2. The standard InChI is InChI=1S/C19H26F2N2O4/c1-3-26-18(25)16-6-4-5-11-23(16)17(24)13-22(2)12-14-7-9-15(10-8-14)27-19(20)21/h7-10,16,19H,3-6,11-13H2,1-2H3. The number of esters is 1. The molecule has 0 radical (unpaired) electrons. The monoisotopic (exact) mass is 384 g/mol. The van der Waals surface area contributed by atoms with Gasteiger partial charge in [0.2, 0.25) is 5.91 Å². The Hall–Kier alpha value is -2.22. The molecule has 1 aliphatic rings. The fourth-order valence-electron chi connectivity index (χ4n) is 3.18. The van der Waals surface area contributed by atoms with Gasteiger partial charge in [0.1, 0.15) is 11.8 Å². The van der Waals surface area contributed by atoms with Crippen LogP contribution in [0.3, 0.4) is 0 Å². The lowest BCUT2D eigenvalue weighted by atomic mass is 10.0. The highest BCUT2D eigenvalue weighted by Gasteiger charge is 2.33. The second-order valence-electron chi connectivity index (χ2n) is 6.55. The summed E-state index contributed by atoms with van der Waals surface area (Å²) in [6.07, 6.45) is 2.40. The molecule has 0 aromatic heterocycles. The van der Waals surface area contributed by atoms with Crippen LogP contribution >= 0.6 is 0 Å². The lowest BCUT2D eigenvalue weighted by Crippen LogP contribution is -2.51. The minimum absolute atomic E-state index is 0.0954. The number of hydrogen-bond donors (Lipinski definition) is 0. The first-order valence-corrected chi connectivity index (χ1v) is 9.09. The number of hydrogen-bond acceptors (Lipinski definition) is 5. The van der Waals surface area contributed by atoms with Gasteiger partial charge < -0.3 is 14.4 Å². The zero-order valence-electron chi connectivity index (χ0n) is 15.7. The molecule has 1 saturated heterocycles. The van der Waals surface area contributed by atoms with E-state index in [9.17, 15) is 18.4 Å². The van der Waals surface area contributed by atoms with E-state index in [2.05, 4.69) is 4.74 Å². The zero-order chi connectivity index (χ0) is 19.8. The highest BCUT2D eigenvalue weighted by atomic mass is 19.3. The number of likely N-dealkylation sites (tertiary alicyclic amines) is 1. The molecule has 1 fully saturated rings. The van der Waals surface area contributed by atoms with Gasteiger partial charge in [0.15, 0.2) is 0 Å². The summed E-state index contributed by atoms with van der Waals surface area (Å²) in [6.45, 7) is 0.369. The maximum atomic E-state index is 12.7. The van der Waals surface area contributed by atoms with Crippen molar-refractivity contribution in [1.29, 1.82) is 0 Å². The highest BCUT2D eigenvalue weighted by Crippen LogP contribution is 2.19. The molecule has 8 heteroatoms. The Bertz CT molecular complexity index is 625. The lowest BCUT2D eigenvalue weighted by Gasteiger charge is -2.35. The number of halogens is 2. The van der Waals surface area contributed by atoms with Gasteiger partial charge in [-0.2, -0.15) is 8.78 Å². The predicted molar refractivity (Wildman–Crippen MR) is 95.4 cm³/mol. The van der Waals surface area contributed by atoms with Crippen molar-refractivity contribution in [3.63, 3.8) is 0 Å². The van der Waals surface area contributed by atoms with Crippen molar-refractivity contribution in [2.45, 2.75) is 45.4 Å². The summed E-state index contributed by atoms with van der Waals surface area (Å²) < 4.78 is 33.8. The minimum Gasteiger partial charge on any atom is -0.464 e. The Kier molecular flexibility index (Phi) is 7.97. The number of carbonyl (C=O) groups excluding carboxylic acids is 2. The number of alkyl halides is 2. The van der Waals surface area contributed by atoms with Crippen molar-refractivity contribution in [3.05, 3.63) is 29.8 Å². The van der Waals surface area contributed by atoms with E-state index < -0.39 is 12.7 Å². The summed E-state index contributed by atoms with van der Waals surface area (Å²) in [5, 5.41) is 0. The Labute approximate surface area is 158 Å². The van der Waals surface area contributed by atoms with Gasteiger partial charge in [-0.25, -0.2) is 4.79 Å². The molecular formula is C19H26F2N2O4. The number of likely N-dealkylation sites (N-methyl/N-ethyl adjacent to an activating group) is 1. The van der Waals surface area contributed by atoms with Crippen LogP contribution in [0.1, 0.15) is 31.7 Å². The van der Waals surface area contributed by atoms with Crippen molar-refractivity contribution in [3.8, 4) is 5.75 Å². The summed E-state index contributed by atoms with van der Waals surface area (Å²) in [7, 11) is 1.80. The number of rotatable bonds is 8. The summed E-state index contributed by atoms with van der Waals surface area (Å²) >= 11 is 0. The van der Waals surface area contributed by atoms with Gasteiger partial charge in [0, 0.05) is 13.1 Å². The van der Waals surface area contributed by atoms with E-state index in [0.29, 0.717) is 26.1 Å². The van der Waals surface area contributed by atoms with Crippen LogP contribution in [-0.2, 0) is 20.9 Å². The number of benzene rings is 1. The van der Waals surface area contributed by atoms with Gasteiger partial charge in [-0.1, -0.05) is 12.1 Å². The molecule has 0 aliphatic carbocycles. The minimum atomic E-state index is -2.85. The summed E-state index contributed by atoms with van der Waals surface area (Å²) in [4.78, 5) is 28.2. The van der Waals surface area contributed by atoms with Crippen molar-refractivity contribution in [2.75, 3.05) is 26.7 Å². The van der Waals surface area contributed by atoms with E-state index in [1.165, 1.54) is 12.1 Å². The molecule has 0 saturated carbocycles. The fraction of sp³-hybridized carbons (Fsp3) is 0.579. The molecular weight excluding hydrogens is 358 g/mol. The lowest BCUT2D eigenvalue weighted by molar-refractivity contribution is -0.157. The van der Waals surface area contributed by atoms with E-state index in [1.54, 1.807) is 31.0 Å². The van der Waals surface area contributed by atoms with Crippen molar-refractivity contribution in [2.24, 2.45) is 0 Å². The molecule has 150 valence electrons. The van der Waals surface area contributed by atoms with Gasteiger partial charge in [-0.15, -0.1) is 0 Å². The Morgan fingerprint density at radius 2 is 1.96 bits per heavy atom. The van der Waals surface area contributed by atoms with Crippen LogP contribution < -0.4 is 4.74 Å². The van der Waals surface area contributed by atoms with Gasteiger partial charge >= 0.3 is 12.6 Å². The number of carbonyl (C=O) groups is 2. The molecule has 1 aromatic rings. The first-order valence-electron chi connectivity index (χ1n) is 9.09. The van der Waals surface area contributed by atoms with E-state index >= 15 is 0 Å². The van der Waals surface area contributed by atoms with E-state index in [4.69, 9.17) is 4.74 Å². The van der Waals surface area contributed by atoms with Crippen LogP contribution in [0, 0.1) is 0 Å². The molecule has 1 aromatic carbocycles. The molecule has 1 heterocycles. The maximum Gasteiger partial charge on any atom is 0.387 e. The highest BCUT2D eigenvalue weighted by molar-refractivity contribution is 5.85. The molecule has 1 unspecified atom stereocenters. The van der Waals surface area contributed by atoms with Gasteiger partial charge in [-0.3, -0.25) is 9.69 Å². The largest absolute Gasteiger partial charge is 0.464 e.